The average Bonchev–Trinajstić information content (AvgIpc) is 3.08. The van der Waals surface area contributed by atoms with Crippen LogP contribution in [0.2, 0.25) is 0 Å². The third-order valence-electron chi connectivity index (χ3n) is 2.76. The third kappa shape index (κ3) is 2.60. The van der Waals surface area contributed by atoms with E-state index >= 15 is 0 Å². The molecule has 0 radical (unpaired) electrons. The van der Waals surface area contributed by atoms with Crippen LogP contribution < -0.4 is 0 Å². The summed E-state index contributed by atoms with van der Waals surface area (Å²) in [5.41, 5.74) is 1.89. The van der Waals surface area contributed by atoms with Crippen LogP contribution in [0.3, 0.4) is 0 Å². The molecule has 0 spiro atoms. The SMILES string of the molecule is ClC(c1cnn(-c2ccccc2)c1)c1ccc(Br)o1. The van der Waals surface area contributed by atoms with Crippen molar-refractivity contribution in [3.8, 4) is 5.69 Å². The molecular formula is C14H10BrClN2O. The van der Waals surface area contributed by atoms with Gasteiger partial charge in [-0.25, -0.2) is 4.68 Å². The molecule has 5 heteroatoms. The van der Waals surface area contributed by atoms with Crippen LogP contribution >= 0.6 is 27.5 Å². The Morgan fingerprint density at radius 3 is 2.63 bits per heavy atom. The minimum Gasteiger partial charge on any atom is -0.452 e. The maximum Gasteiger partial charge on any atom is 0.169 e. The molecule has 0 amide bonds. The van der Waals surface area contributed by atoms with Crippen molar-refractivity contribution in [1.82, 2.24) is 9.78 Å². The summed E-state index contributed by atoms with van der Waals surface area (Å²) in [6.07, 6.45) is 3.66. The molecule has 3 rings (SSSR count). The van der Waals surface area contributed by atoms with E-state index in [1.807, 2.05) is 48.7 Å². The molecule has 0 fully saturated rings. The highest BCUT2D eigenvalue weighted by atomic mass is 79.9. The van der Waals surface area contributed by atoms with E-state index in [0.717, 1.165) is 11.3 Å². The lowest BCUT2D eigenvalue weighted by Crippen LogP contribution is -1.93. The van der Waals surface area contributed by atoms with Gasteiger partial charge in [0.25, 0.3) is 0 Å². The normalized spacial score (nSPS) is 12.5. The van der Waals surface area contributed by atoms with E-state index in [-0.39, 0.29) is 5.38 Å². The quantitative estimate of drug-likeness (QED) is 0.656. The zero-order chi connectivity index (χ0) is 13.2. The first-order valence-corrected chi connectivity index (χ1v) is 6.96. The molecule has 0 aliphatic heterocycles. The molecule has 3 aromatic rings. The molecule has 0 N–H and O–H groups in total. The summed E-state index contributed by atoms with van der Waals surface area (Å²) in [6.45, 7) is 0. The summed E-state index contributed by atoms with van der Waals surface area (Å²) in [5, 5.41) is 3.97. The second kappa shape index (κ2) is 5.23. The van der Waals surface area contributed by atoms with Crippen molar-refractivity contribution in [2.75, 3.05) is 0 Å². The van der Waals surface area contributed by atoms with Crippen molar-refractivity contribution >= 4 is 27.5 Å². The fourth-order valence-electron chi connectivity index (χ4n) is 1.82. The number of nitrogens with zero attached hydrogens (tertiary/aromatic N) is 2. The molecule has 0 aliphatic rings. The lowest BCUT2D eigenvalue weighted by molar-refractivity contribution is 0.494. The van der Waals surface area contributed by atoms with Gasteiger partial charge in [0.2, 0.25) is 0 Å². The van der Waals surface area contributed by atoms with Gasteiger partial charge in [0.05, 0.1) is 11.9 Å². The summed E-state index contributed by atoms with van der Waals surface area (Å²) in [6, 6.07) is 13.6. The van der Waals surface area contributed by atoms with Crippen molar-refractivity contribution < 1.29 is 4.42 Å². The fraction of sp³-hybridized carbons (Fsp3) is 0.0714. The van der Waals surface area contributed by atoms with E-state index in [1.54, 1.807) is 10.9 Å². The minimum absolute atomic E-state index is 0.344. The van der Waals surface area contributed by atoms with E-state index in [9.17, 15) is 0 Å². The highest BCUT2D eigenvalue weighted by Gasteiger charge is 2.16. The van der Waals surface area contributed by atoms with Crippen LogP contribution in [-0.4, -0.2) is 9.78 Å². The largest absolute Gasteiger partial charge is 0.452 e. The van der Waals surface area contributed by atoms with Gasteiger partial charge in [-0.05, 0) is 40.2 Å². The number of hydrogen-bond acceptors (Lipinski definition) is 2. The Kier molecular flexibility index (Phi) is 3.44. The maximum absolute atomic E-state index is 6.38. The van der Waals surface area contributed by atoms with Crippen LogP contribution in [0, 0.1) is 0 Å². The number of hydrogen-bond donors (Lipinski definition) is 0. The van der Waals surface area contributed by atoms with Gasteiger partial charge < -0.3 is 4.42 Å². The Labute approximate surface area is 123 Å². The van der Waals surface area contributed by atoms with Crippen molar-refractivity contribution in [3.05, 3.63) is 70.9 Å². The van der Waals surface area contributed by atoms with Gasteiger partial charge >= 0.3 is 0 Å². The molecule has 1 unspecified atom stereocenters. The lowest BCUT2D eigenvalue weighted by Gasteiger charge is -2.03. The summed E-state index contributed by atoms with van der Waals surface area (Å²) in [4.78, 5) is 0. The molecule has 1 atom stereocenters. The van der Waals surface area contributed by atoms with Crippen LogP contribution in [0.1, 0.15) is 16.7 Å². The van der Waals surface area contributed by atoms with Crippen LogP contribution in [0.15, 0.2) is 63.9 Å². The molecule has 0 saturated heterocycles. The first kappa shape index (κ1) is 12.5. The maximum atomic E-state index is 6.38. The monoisotopic (exact) mass is 336 g/mol. The van der Waals surface area contributed by atoms with E-state index in [4.69, 9.17) is 16.0 Å². The summed E-state index contributed by atoms with van der Waals surface area (Å²) < 4.78 is 7.93. The average molecular weight is 338 g/mol. The number of rotatable bonds is 3. The highest BCUT2D eigenvalue weighted by Crippen LogP contribution is 2.31. The molecule has 0 saturated carbocycles. The lowest BCUT2D eigenvalue weighted by atomic mass is 10.2. The van der Waals surface area contributed by atoms with Crippen LogP contribution in [-0.2, 0) is 0 Å². The first-order chi connectivity index (χ1) is 9.24. The van der Waals surface area contributed by atoms with E-state index < -0.39 is 0 Å². The Morgan fingerprint density at radius 1 is 1.16 bits per heavy atom. The van der Waals surface area contributed by atoms with Crippen molar-refractivity contribution in [3.63, 3.8) is 0 Å². The first-order valence-electron chi connectivity index (χ1n) is 5.73. The molecule has 19 heavy (non-hydrogen) atoms. The van der Waals surface area contributed by atoms with Gasteiger partial charge in [0.15, 0.2) is 4.67 Å². The van der Waals surface area contributed by atoms with Gasteiger partial charge in [-0.15, -0.1) is 11.6 Å². The van der Waals surface area contributed by atoms with Crippen LogP contribution in [0.4, 0.5) is 0 Å². The number of para-hydroxylation sites is 1. The zero-order valence-corrected chi connectivity index (χ0v) is 12.2. The number of halogens is 2. The highest BCUT2D eigenvalue weighted by molar-refractivity contribution is 9.10. The van der Waals surface area contributed by atoms with E-state index in [2.05, 4.69) is 21.0 Å². The summed E-state index contributed by atoms with van der Waals surface area (Å²) in [7, 11) is 0. The number of alkyl halides is 1. The summed E-state index contributed by atoms with van der Waals surface area (Å²) in [5.74, 6) is 0.696. The Balaban J connectivity index is 1.89. The molecular weight excluding hydrogens is 328 g/mol. The fourth-order valence-corrected chi connectivity index (χ4v) is 2.37. The topological polar surface area (TPSA) is 31.0 Å². The number of furan rings is 1. The Hall–Kier alpha value is -1.52. The van der Waals surface area contributed by atoms with Gasteiger partial charge in [0, 0.05) is 11.8 Å². The second-order valence-electron chi connectivity index (χ2n) is 4.06. The molecule has 0 aliphatic carbocycles. The van der Waals surface area contributed by atoms with Crippen molar-refractivity contribution in [1.29, 1.82) is 0 Å². The van der Waals surface area contributed by atoms with Crippen molar-refractivity contribution in [2.24, 2.45) is 0 Å². The van der Waals surface area contributed by atoms with Gasteiger partial charge in [-0.1, -0.05) is 18.2 Å². The van der Waals surface area contributed by atoms with Crippen LogP contribution in [0.25, 0.3) is 5.69 Å². The van der Waals surface area contributed by atoms with Gasteiger partial charge in [0.1, 0.15) is 11.1 Å². The number of benzene rings is 1. The van der Waals surface area contributed by atoms with Gasteiger partial charge in [-0.2, -0.15) is 5.10 Å². The Morgan fingerprint density at radius 2 is 1.95 bits per heavy atom. The summed E-state index contributed by atoms with van der Waals surface area (Å²) >= 11 is 9.65. The standard InChI is InChI=1S/C14H10BrClN2O/c15-13-7-6-12(19-13)14(16)10-8-17-18(9-10)11-4-2-1-3-5-11/h1-9,14H. The number of aromatic nitrogens is 2. The predicted octanol–water partition coefficient (Wildman–Crippen LogP) is 4.56. The molecule has 0 bridgehead atoms. The zero-order valence-electron chi connectivity index (χ0n) is 9.83. The molecule has 2 aromatic heterocycles. The molecule has 96 valence electrons. The minimum atomic E-state index is -0.344. The third-order valence-corrected chi connectivity index (χ3v) is 3.65. The van der Waals surface area contributed by atoms with E-state index in [0.29, 0.717) is 10.4 Å². The second-order valence-corrected chi connectivity index (χ2v) is 5.28. The smallest absolute Gasteiger partial charge is 0.169 e. The predicted molar refractivity (Wildman–Crippen MR) is 77.7 cm³/mol. The Bertz CT molecular complexity index is 678. The molecule has 3 nitrogen and oxygen atoms in total. The van der Waals surface area contributed by atoms with E-state index in [1.165, 1.54) is 0 Å². The van der Waals surface area contributed by atoms with Gasteiger partial charge in [-0.3, -0.25) is 0 Å². The molecule has 2 heterocycles. The molecule has 1 aromatic carbocycles. The van der Waals surface area contributed by atoms with Crippen molar-refractivity contribution in [2.45, 2.75) is 5.38 Å². The van der Waals surface area contributed by atoms with Crippen LogP contribution in [0.5, 0.6) is 0 Å².